The minimum absolute atomic E-state index is 0.00777. The molecule has 0 unspecified atom stereocenters. The highest BCUT2D eigenvalue weighted by Gasteiger charge is 2.32. The molecule has 1 N–H and O–H groups in total. The van der Waals surface area contributed by atoms with Crippen molar-refractivity contribution in [3.63, 3.8) is 0 Å². The van der Waals surface area contributed by atoms with Crippen molar-refractivity contribution in [3.8, 4) is 0 Å². The number of carbonyl (C=O) groups excluding carboxylic acids is 1. The summed E-state index contributed by atoms with van der Waals surface area (Å²) < 4.78 is 56.2. The van der Waals surface area contributed by atoms with E-state index in [1.165, 1.54) is 13.2 Å². The first-order valence-corrected chi connectivity index (χ1v) is 9.73. The van der Waals surface area contributed by atoms with Crippen molar-refractivity contribution in [2.45, 2.75) is 12.8 Å². The lowest BCUT2D eigenvalue weighted by atomic mass is 10.1. The normalized spacial score (nSPS) is 14.8. The second-order valence-electron chi connectivity index (χ2n) is 7.12. The van der Waals surface area contributed by atoms with Gasteiger partial charge in [-0.2, -0.15) is 13.2 Å². The van der Waals surface area contributed by atoms with Gasteiger partial charge in [0.25, 0.3) is 5.91 Å². The van der Waals surface area contributed by atoms with Crippen LogP contribution in [0.4, 0.5) is 24.5 Å². The van der Waals surface area contributed by atoms with Crippen LogP contribution in [0.3, 0.4) is 0 Å². The van der Waals surface area contributed by atoms with Gasteiger partial charge in [0.2, 0.25) is 0 Å². The molecule has 0 saturated carbocycles. The Morgan fingerprint density at radius 1 is 1.16 bits per heavy atom. The lowest BCUT2D eigenvalue weighted by Crippen LogP contribution is -2.36. The highest BCUT2D eigenvalue weighted by Crippen LogP contribution is 2.36. The molecule has 1 aliphatic rings. The zero-order valence-electron chi connectivity index (χ0n) is 16.8. The van der Waals surface area contributed by atoms with Crippen LogP contribution in [0.15, 0.2) is 46.9 Å². The van der Waals surface area contributed by atoms with Gasteiger partial charge in [-0.05, 0) is 24.3 Å². The fraction of sp³-hybridized carbons (Fsp3) is 0.318. The number of nitrogens with one attached hydrogen (secondary N) is 1. The number of fused-ring (bicyclic) bond motifs is 1. The number of hydrogen-bond donors (Lipinski definition) is 1. The number of halogens is 3. The highest BCUT2D eigenvalue weighted by molar-refractivity contribution is 6.08. The van der Waals surface area contributed by atoms with Crippen LogP contribution in [0.1, 0.15) is 21.7 Å². The quantitative estimate of drug-likeness (QED) is 0.632. The van der Waals surface area contributed by atoms with E-state index in [-0.39, 0.29) is 18.1 Å². The van der Waals surface area contributed by atoms with Crippen molar-refractivity contribution in [3.05, 3.63) is 59.4 Å². The molecule has 9 heteroatoms. The molecule has 0 aliphatic carbocycles. The largest absolute Gasteiger partial charge is 0.451 e. The van der Waals surface area contributed by atoms with Crippen LogP contribution in [0.2, 0.25) is 0 Å². The van der Waals surface area contributed by atoms with Gasteiger partial charge in [0.15, 0.2) is 5.76 Å². The first kappa shape index (κ1) is 21.2. The third-order valence-electron chi connectivity index (χ3n) is 5.12. The molecule has 164 valence electrons. The van der Waals surface area contributed by atoms with Gasteiger partial charge < -0.3 is 24.1 Å². The van der Waals surface area contributed by atoms with Crippen LogP contribution in [-0.4, -0.2) is 39.3 Å². The summed E-state index contributed by atoms with van der Waals surface area (Å²) in [4.78, 5) is 15.0. The third-order valence-corrected chi connectivity index (χ3v) is 5.12. The fourth-order valence-corrected chi connectivity index (χ4v) is 3.64. The SMILES string of the molecule is COCc1c(C(=O)Nc2cc(C(F)(F)F)ccc2N2CCOCC2)oc2ccccc12. The van der Waals surface area contributed by atoms with Crippen LogP contribution in [-0.2, 0) is 22.3 Å². The van der Waals surface area contributed by atoms with E-state index in [4.69, 9.17) is 13.9 Å². The minimum atomic E-state index is -4.54. The molecule has 3 aromatic rings. The van der Waals surface area contributed by atoms with E-state index < -0.39 is 17.6 Å². The van der Waals surface area contributed by atoms with Crippen molar-refractivity contribution in [1.29, 1.82) is 0 Å². The van der Waals surface area contributed by atoms with Crippen LogP contribution < -0.4 is 10.2 Å². The van der Waals surface area contributed by atoms with Crippen LogP contribution in [0.5, 0.6) is 0 Å². The molecule has 2 heterocycles. The molecule has 1 aliphatic heterocycles. The number of morpholine rings is 1. The van der Waals surface area contributed by atoms with E-state index in [9.17, 15) is 18.0 Å². The topological polar surface area (TPSA) is 63.9 Å². The van der Waals surface area contributed by atoms with Gasteiger partial charge in [0, 0.05) is 31.1 Å². The van der Waals surface area contributed by atoms with E-state index in [2.05, 4.69) is 5.32 Å². The molecule has 1 aromatic heterocycles. The molecular weight excluding hydrogens is 413 g/mol. The lowest BCUT2D eigenvalue weighted by molar-refractivity contribution is -0.137. The number of para-hydroxylation sites is 1. The van der Waals surface area contributed by atoms with Crippen LogP contribution in [0, 0.1) is 0 Å². The Morgan fingerprint density at radius 3 is 2.61 bits per heavy atom. The molecule has 1 fully saturated rings. The van der Waals surface area contributed by atoms with Gasteiger partial charge >= 0.3 is 6.18 Å². The van der Waals surface area contributed by atoms with Crippen molar-refractivity contribution >= 4 is 28.3 Å². The first-order chi connectivity index (χ1) is 14.9. The summed E-state index contributed by atoms with van der Waals surface area (Å²) in [6, 6.07) is 10.4. The number of benzene rings is 2. The monoisotopic (exact) mass is 434 g/mol. The Kier molecular flexibility index (Phi) is 5.88. The summed E-state index contributed by atoms with van der Waals surface area (Å²) in [7, 11) is 1.49. The number of carbonyl (C=O) groups is 1. The molecule has 0 bridgehead atoms. The van der Waals surface area contributed by atoms with Gasteiger partial charge in [-0.1, -0.05) is 18.2 Å². The molecule has 1 amide bonds. The summed E-state index contributed by atoms with van der Waals surface area (Å²) in [5.41, 5.74) is 0.744. The Morgan fingerprint density at radius 2 is 1.90 bits per heavy atom. The number of anilines is 2. The second kappa shape index (κ2) is 8.60. The maximum absolute atomic E-state index is 13.3. The van der Waals surface area contributed by atoms with E-state index >= 15 is 0 Å². The second-order valence-corrected chi connectivity index (χ2v) is 7.12. The fourth-order valence-electron chi connectivity index (χ4n) is 3.64. The Labute approximate surface area is 176 Å². The number of amides is 1. The summed E-state index contributed by atoms with van der Waals surface area (Å²) in [6.45, 7) is 2.05. The maximum Gasteiger partial charge on any atom is 0.416 e. The van der Waals surface area contributed by atoms with Crippen molar-refractivity contribution < 1.29 is 31.9 Å². The number of nitrogens with zero attached hydrogens (tertiary/aromatic N) is 1. The summed E-state index contributed by atoms with van der Waals surface area (Å²) >= 11 is 0. The molecule has 6 nitrogen and oxygen atoms in total. The number of alkyl halides is 3. The number of methoxy groups -OCH3 is 1. The minimum Gasteiger partial charge on any atom is -0.451 e. The number of ether oxygens (including phenoxy) is 2. The average Bonchev–Trinajstić information content (AvgIpc) is 3.13. The predicted octanol–water partition coefficient (Wildman–Crippen LogP) is 4.69. The molecule has 0 atom stereocenters. The lowest BCUT2D eigenvalue weighted by Gasteiger charge is -2.31. The van der Waals surface area contributed by atoms with Gasteiger partial charge in [-0.3, -0.25) is 4.79 Å². The van der Waals surface area contributed by atoms with E-state index in [0.717, 1.165) is 12.1 Å². The van der Waals surface area contributed by atoms with E-state index in [1.807, 2.05) is 11.0 Å². The van der Waals surface area contributed by atoms with Gasteiger partial charge in [-0.25, -0.2) is 0 Å². The summed E-state index contributed by atoms with van der Waals surface area (Å²) in [5.74, 6) is -0.634. The zero-order valence-corrected chi connectivity index (χ0v) is 16.8. The van der Waals surface area contributed by atoms with Crippen LogP contribution in [0.25, 0.3) is 11.0 Å². The first-order valence-electron chi connectivity index (χ1n) is 9.73. The molecule has 0 spiro atoms. The number of hydrogen-bond acceptors (Lipinski definition) is 5. The number of rotatable bonds is 5. The van der Waals surface area contributed by atoms with Crippen molar-refractivity contribution in [2.75, 3.05) is 43.6 Å². The number of furan rings is 1. The molecule has 2 aromatic carbocycles. The zero-order chi connectivity index (χ0) is 22.0. The summed E-state index contributed by atoms with van der Waals surface area (Å²) in [5, 5.41) is 3.34. The molecule has 4 rings (SSSR count). The molecular formula is C22H21F3N2O4. The molecule has 31 heavy (non-hydrogen) atoms. The standard InChI is InChI=1S/C22H21F3N2O4/c1-29-13-16-15-4-2-3-5-19(15)31-20(16)21(28)26-17-12-14(22(23,24)25)6-7-18(17)27-8-10-30-11-9-27/h2-7,12H,8-11,13H2,1H3,(H,26,28). The molecule has 0 radical (unpaired) electrons. The third kappa shape index (κ3) is 4.38. The predicted molar refractivity (Wildman–Crippen MR) is 109 cm³/mol. The van der Waals surface area contributed by atoms with E-state index in [1.54, 1.807) is 18.2 Å². The Hall–Kier alpha value is -3.04. The van der Waals surface area contributed by atoms with Gasteiger partial charge in [0.1, 0.15) is 5.58 Å². The van der Waals surface area contributed by atoms with Crippen molar-refractivity contribution in [1.82, 2.24) is 0 Å². The van der Waals surface area contributed by atoms with Crippen LogP contribution >= 0.6 is 0 Å². The highest BCUT2D eigenvalue weighted by atomic mass is 19.4. The van der Waals surface area contributed by atoms with Crippen molar-refractivity contribution in [2.24, 2.45) is 0 Å². The smallest absolute Gasteiger partial charge is 0.416 e. The maximum atomic E-state index is 13.3. The van der Waals surface area contributed by atoms with Gasteiger partial charge in [-0.15, -0.1) is 0 Å². The Balaban J connectivity index is 1.73. The molecule has 1 saturated heterocycles. The van der Waals surface area contributed by atoms with E-state index in [0.29, 0.717) is 48.5 Å². The summed E-state index contributed by atoms with van der Waals surface area (Å²) in [6.07, 6.45) is -4.54. The van der Waals surface area contributed by atoms with Gasteiger partial charge in [0.05, 0.1) is 36.8 Å². The Bertz CT molecular complexity index is 1090. The average molecular weight is 434 g/mol.